The zero-order valence-electron chi connectivity index (χ0n) is 10.9. The predicted molar refractivity (Wildman–Crippen MR) is 69.6 cm³/mol. The number of carboxylic acid groups (broad SMARTS) is 1. The van der Waals surface area contributed by atoms with Gasteiger partial charge in [-0.05, 0) is 6.92 Å². The number of ether oxygens (including phenoxy) is 1. The van der Waals surface area contributed by atoms with Gasteiger partial charge in [0, 0.05) is 12.7 Å². The Balaban J connectivity index is 2.73. The van der Waals surface area contributed by atoms with E-state index in [0.717, 1.165) is 24.6 Å². The van der Waals surface area contributed by atoms with Crippen molar-refractivity contribution in [1.82, 2.24) is 9.97 Å². The highest BCUT2D eigenvalue weighted by Gasteiger charge is 2.44. The number of methoxy groups -OCH3 is 1. The van der Waals surface area contributed by atoms with Crippen LogP contribution in [0.4, 0.5) is 23.7 Å². The number of carbonyl (C=O) groups is 1. The summed E-state index contributed by atoms with van der Waals surface area (Å²) in [6.07, 6.45) is -7.48. The van der Waals surface area contributed by atoms with E-state index in [1.165, 1.54) is 0 Å². The molecule has 1 atom stereocenters. The molecule has 114 valence electrons. The van der Waals surface area contributed by atoms with Crippen LogP contribution in [0, 0.1) is 6.92 Å². The number of hydrogen-bond donors (Lipinski definition) is 2. The number of pyridine rings is 1. The van der Waals surface area contributed by atoms with Crippen LogP contribution in [0.1, 0.15) is 16.7 Å². The molecule has 2 aromatic rings. The summed E-state index contributed by atoms with van der Waals surface area (Å²) in [7, 11) is 0.897. The summed E-state index contributed by atoms with van der Waals surface area (Å²) in [4.78, 5) is 19.0. The zero-order valence-corrected chi connectivity index (χ0v) is 11.7. The Hall–Kier alpha value is -1.94. The van der Waals surface area contributed by atoms with Gasteiger partial charge >= 0.3 is 12.3 Å². The third-order valence-corrected chi connectivity index (χ3v) is 3.49. The molecule has 0 spiro atoms. The number of fused-ring (bicyclic) bond motifs is 1. The highest BCUT2D eigenvalue weighted by molar-refractivity contribution is 7.18. The standard InChI is InChI=1S/C11H10F3N3O3S/c1-4-16-7-6(8(20-2)11(12,13)14)5(17-10(18)19)3-15-9(7)21-4/h3,8,17H,1-2H3,(H,18,19). The van der Waals surface area contributed by atoms with Crippen molar-refractivity contribution >= 4 is 33.5 Å². The fraction of sp³-hybridized carbons (Fsp3) is 0.364. The van der Waals surface area contributed by atoms with E-state index < -0.39 is 18.4 Å². The minimum absolute atomic E-state index is 0.0204. The van der Waals surface area contributed by atoms with E-state index in [2.05, 4.69) is 14.7 Å². The minimum Gasteiger partial charge on any atom is -0.465 e. The molecule has 10 heteroatoms. The molecule has 0 aliphatic heterocycles. The van der Waals surface area contributed by atoms with Crippen LogP contribution >= 0.6 is 11.3 Å². The summed E-state index contributed by atoms with van der Waals surface area (Å²) in [6.45, 7) is 1.62. The molecule has 0 aromatic carbocycles. The molecule has 1 amide bonds. The van der Waals surface area contributed by atoms with Crippen LogP contribution in [-0.4, -0.2) is 34.5 Å². The first-order valence-corrected chi connectivity index (χ1v) is 6.41. The van der Waals surface area contributed by atoms with E-state index in [1.807, 2.05) is 5.32 Å². The van der Waals surface area contributed by atoms with Crippen LogP contribution < -0.4 is 5.32 Å². The van der Waals surface area contributed by atoms with Gasteiger partial charge in [0.15, 0.2) is 6.10 Å². The maximum Gasteiger partial charge on any atom is 0.419 e. The largest absolute Gasteiger partial charge is 0.465 e. The second kappa shape index (κ2) is 5.45. The molecule has 0 aliphatic rings. The van der Waals surface area contributed by atoms with Gasteiger partial charge in [0.25, 0.3) is 0 Å². The molecule has 0 fully saturated rings. The number of nitrogens with one attached hydrogen (secondary N) is 1. The molecular formula is C11H10F3N3O3S. The van der Waals surface area contributed by atoms with Crippen LogP contribution in [0.5, 0.6) is 0 Å². The van der Waals surface area contributed by atoms with Crippen molar-refractivity contribution in [1.29, 1.82) is 0 Å². The Bertz CT molecular complexity index is 686. The van der Waals surface area contributed by atoms with E-state index in [1.54, 1.807) is 6.92 Å². The number of rotatable bonds is 3. The van der Waals surface area contributed by atoms with Crippen molar-refractivity contribution in [3.8, 4) is 0 Å². The Kier molecular flexibility index (Phi) is 4.01. The van der Waals surface area contributed by atoms with Gasteiger partial charge in [-0.2, -0.15) is 13.2 Å². The average Bonchev–Trinajstić information content (AvgIpc) is 2.70. The second-order valence-electron chi connectivity index (χ2n) is 4.06. The molecule has 2 aromatic heterocycles. The van der Waals surface area contributed by atoms with Crippen molar-refractivity contribution < 1.29 is 27.8 Å². The van der Waals surface area contributed by atoms with Crippen LogP contribution in [0.15, 0.2) is 6.20 Å². The lowest BCUT2D eigenvalue weighted by atomic mass is 10.1. The minimum atomic E-state index is -4.71. The number of hydrogen-bond acceptors (Lipinski definition) is 5. The fourth-order valence-corrected chi connectivity index (χ4v) is 2.67. The lowest BCUT2D eigenvalue weighted by Crippen LogP contribution is -2.24. The molecule has 0 bridgehead atoms. The summed E-state index contributed by atoms with van der Waals surface area (Å²) in [6, 6.07) is 0. The van der Waals surface area contributed by atoms with Gasteiger partial charge in [0.2, 0.25) is 0 Å². The summed E-state index contributed by atoms with van der Waals surface area (Å²) < 4.78 is 43.9. The van der Waals surface area contributed by atoms with Gasteiger partial charge in [-0.3, -0.25) is 5.32 Å². The van der Waals surface area contributed by atoms with Crippen LogP contribution in [-0.2, 0) is 4.74 Å². The SMILES string of the molecule is COC(c1c(NC(=O)O)cnc2sc(C)nc12)C(F)(F)F. The molecule has 2 heterocycles. The Labute approximate surface area is 120 Å². The van der Waals surface area contributed by atoms with Gasteiger partial charge < -0.3 is 9.84 Å². The Morgan fingerprint density at radius 2 is 2.19 bits per heavy atom. The maximum absolute atomic E-state index is 13.1. The molecule has 0 saturated heterocycles. The van der Waals surface area contributed by atoms with E-state index in [-0.39, 0.29) is 21.6 Å². The van der Waals surface area contributed by atoms with Gasteiger partial charge in [0.05, 0.1) is 16.9 Å². The summed E-state index contributed by atoms with van der Waals surface area (Å²) in [5.74, 6) is 0. The maximum atomic E-state index is 13.1. The molecule has 1 unspecified atom stereocenters. The summed E-state index contributed by atoms with van der Waals surface area (Å²) in [5.41, 5.74) is -0.709. The number of amides is 1. The number of alkyl halides is 3. The quantitative estimate of drug-likeness (QED) is 0.906. The summed E-state index contributed by atoms with van der Waals surface area (Å²) in [5, 5.41) is 11.2. The van der Waals surface area contributed by atoms with E-state index in [9.17, 15) is 18.0 Å². The van der Waals surface area contributed by atoms with Crippen LogP contribution in [0.2, 0.25) is 0 Å². The number of nitrogens with zero attached hydrogens (tertiary/aromatic N) is 2. The van der Waals surface area contributed by atoms with Gasteiger partial charge in [-0.15, -0.1) is 0 Å². The predicted octanol–water partition coefficient (Wildman–Crippen LogP) is 3.34. The smallest absolute Gasteiger partial charge is 0.419 e. The molecule has 6 nitrogen and oxygen atoms in total. The first-order valence-electron chi connectivity index (χ1n) is 5.59. The highest BCUT2D eigenvalue weighted by Crippen LogP contribution is 2.42. The first-order chi connectivity index (χ1) is 9.74. The third kappa shape index (κ3) is 3.05. The van der Waals surface area contributed by atoms with Crippen LogP contribution in [0.3, 0.4) is 0 Å². The fourth-order valence-electron chi connectivity index (χ4n) is 1.89. The molecule has 21 heavy (non-hydrogen) atoms. The lowest BCUT2D eigenvalue weighted by Gasteiger charge is -2.21. The third-order valence-electron chi connectivity index (χ3n) is 2.61. The van der Waals surface area contributed by atoms with E-state index >= 15 is 0 Å². The van der Waals surface area contributed by atoms with Crippen LogP contribution in [0.25, 0.3) is 10.3 Å². The number of aryl methyl sites for hydroxylation is 1. The first kappa shape index (κ1) is 15.4. The topological polar surface area (TPSA) is 84.3 Å². The molecule has 0 saturated carbocycles. The number of aromatic nitrogens is 2. The lowest BCUT2D eigenvalue weighted by molar-refractivity contribution is -0.215. The van der Waals surface area contributed by atoms with Crippen molar-refractivity contribution in [3.63, 3.8) is 0 Å². The molecule has 2 N–H and O–H groups in total. The van der Waals surface area contributed by atoms with E-state index in [0.29, 0.717) is 5.01 Å². The number of thiazole rings is 1. The average molecular weight is 321 g/mol. The number of halogens is 3. The van der Waals surface area contributed by atoms with Crippen molar-refractivity contribution in [2.75, 3.05) is 12.4 Å². The van der Waals surface area contributed by atoms with Gasteiger partial charge in [-0.1, -0.05) is 11.3 Å². The van der Waals surface area contributed by atoms with Crippen molar-refractivity contribution in [2.24, 2.45) is 0 Å². The van der Waals surface area contributed by atoms with Crippen molar-refractivity contribution in [2.45, 2.75) is 19.2 Å². The van der Waals surface area contributed by atoms with Crippen molar-refractivity contribution in [3.05, 3.63) is 16.8 Å². The number of anilines is 1. The molecular weight excluding hydrogens is 311 g/mol. The highest BCUT2D eigenvalue weighted by atomic mass is 32.1. The Morgan fingerprint density at radius 1 is 1.52 bits per heavy atom. The molecule has 0 radical (unpaired) electrons. The Morgan fingerprint density at radius 3 is 2.71 bits per heavy atom. The second-order valence-corrected chi connectivity index (χ2v) is 5.24. The van der Waals surface area contributed by atoms with E-state index in [4.69, 9.17) is 5.11 Å². The monoisotopic (exact) mass is 321 g/mol. The van der Waals surface area contributed by atoms with Gasteiger partial charge in [0.1, 0.15) is 10.3 Å². The van der Waals surface area contributed by atoms with Gasteiger partial charge in [-0.25, -0.2) is 14.8 Å². The molecule has 0 aliphatic carbocycles. The molecule has 2 rings (SSSR count). The zero-order chi connectivity index (χ0) is 15.8. The summed E-state index contributed by atoms with van der Waals surface area (Å²) >= 11 is 1.11. The normalized spacial score (nSPS) is 13.4.